The molecule has 2 rings (SSSR count). The molecule has 0 bridgehead atoms. The summed E-state index contributed by atoms with van der Waals surface area (Å²) in [6.07, 6.45) is 0.663. The molecule has 0 aromatic heterocycles. The minimum Gasteiger partial charge on any atom is -0.497 e. The van der Waals surface area contributed by atoms with Crippen LogP contribution in [0.3, 0.4) is 0 Å². The first-order valence-corrected chi connectivity index (χ1v) is 8.45. The maximum atomic E-state index is 12.3. The van der Waals surface area contributed by atoms with Gasteiger partial charge in [-0.15, -0.1) is 0 Å². The van der Waals surface area contributed by atoms with E-state index in [0.29, 0.717) is 25.6 Å². The van der Waals surface area contributed by atoms with E-state index in [2.05, 4.69) is 12.1 Å². The Balaban J connectivity index is 2.08. The Morgan fingerprint density at radius 2 is 1.88 bits per heavy atom. The third-order valence-corrected chi connectivity index (χ3v) is 4.31. The Morgan fingerprint density at radius 3 is 2.42 bits per heavy atom. The van der Waals surface area contributed by atoms with Crippen LogP contribution in [0.1, 0.15) is 38.7 Å². The Bertz CT molecular complexity index is 535. The molecular formula is C19H29NO4. The summed E-state index contributed by atoms with van der Waals surface area (Å²) in [4.78, 5) is 14.1. The van der Waals surface area contributed by atoms with Gasteiger partial charge in [-0.2, -0.15) is 0 Å². The highest BCUT2D eigenvalue weighted by Crippen LogP contribution is 2.34. The van der Waals surface area contributed by atoms with Gasteiger partial charge in [0.05, 0.1) is 13.7 Å². The molecule has 1 unspecified atom stereocenters. The van der Waals surface area contributed by atoms with Crippen LogP contribution in [0.2, 0.25) is 0 Å². The van der Waals surface area contributed by atoms with Crippen LogP contribution in [0.4, 0.5) is 4.79 Å². The van der Waals surface area contributed by atoms with Gasteiger partial charge in [0.25, 0.3) is 0 Å². The van der Waals surface area contributed by atoms with Gasteiger partial charge in [0.1, 0.15) is 11.4 Å². The molecule has 24 heavy (non-hydrogen) atoms. The molecule has 1 saturated heterocycles. The highest BCUT2D eigenvalue weighted by atomic mass is 16.6. The molecular weight excluding hydrogens is 306 g/mol. The molecule has 0 aliphatic carbocycles. The van der Waals surface area contributed by atoms with Gasteiger partial charge in [-0.25, -0.2) is 4.79 Å². The second-order valence-electron chi connectivity index (χ2n) is 7.31. The Morgan fingerprint density at radius 1 is 1.21 bits per heavy atom. The monoisotopic (exact) mass is 335 g/mol. The summed E-state index contributed by atoms with van der Waals surface area (Å²) in [5.41, 5.74) is 0.794. The zero-order chi connectivity index (χ0) is 17.7. The van der Waals surface area contributed by atoms with Gasteiger partial charge in [-0.05, 0) is 50.8 Å². The topological polar surface area (TPSA) is 48.0 Å². The van der Waals surface area contributed by atoms with Crippen molar-refractivity contribution in [3.8, 4) is 5.75 Å². The lowest BCUT2D eigenvalue weighted by molar-refractivity contribution is 0.00738. The average Bonchev–Trinajstić information content (AvgIpc) is 2.54. The second-order valence-corrected chi connectivity index (χ2v) is 7.31. The van der Waals surface area contributed by atoms with E-state index in [4.69, 9.17) is 14.2 Å². The van der Waals surface area contributed by atoms with E-state index in [1.165, 1.54) is 5.56 Å². The van der Waals surface area contributed by atoms with Crippen molar-refractivity contribution in [3.05, 3.63) is 29.8 Å². The number of hydrogen-bond acceptors (Lipinski definition) is 4. The first-order chi connectivity index (χ1) is 11.3. The number of piperidine rings is 1. The summed E-state index contributed by atoms with van der Waals surface area (Å²) < 4.78 is 16.1. The highest BCUT2D eigenvalue weighted by Gasteiger charge is 2.34. The predicted octanol–water partition coefficient (Wildman–Crippen LogP) is 3.68. The van der Waals surface area contributed by atoms with Crippen molar-refractivity contribution in [2.45, 2.75) is 38.7 Å². The first kappa shape index (κ1) is 18.6. The van der Waals surface area contributed by atoms with Crippen molar-refractivity contribution >= 4 is 6.09 Å². The van der Waals surface area contributed by atoms with E-state index in [0.717, 1.165) is 12.2 Å². The Labute approximate surface area is 144 Å². The predicted molar refractivity (Wildman–Crippen MR) is 93.5 cm³/mol. The van der Waals surface area contributed by atoms with Crippen LogP contribution in [-0.4, -0.2) is 50.5 Å². The maximum Gasteiger partial charge on any atom is 0.410 e. The molecule has 1 aliphatic heterocycles. The molecule has 134 valence electrons. The number of methoxy groups -OCH3 is 2. The lowest BCUT2D eigenvalue weighted by Crippen LogP contribution is -2.46. The van der Waals surface area contributed by atoms with Crippen LogP contribution in [0, 0.1) is 5.92 Å². The molecule has 1 aliphatic rings. The summed E-state index contributed by atoms with van der Waals surface area (Å²) in [6.45, 7) is 7.65. The van der Waals surface area contributed by atoms with Crippen molar-refractivity contribution in [3.63, 3.8) is 0 Å². The van der Waals surface area contributed by atoms with Crippen molar-refractivity contribution in [2.75, 3.05) is 33.9 Å². The van der Waals surface area contributed by atoms with Gasteiger partial charge in [0.2, 0.25) is 0 Å². The smallest absolute Gasteiger partial charge is 0.410 e. The normalized spacial score (nSPS) is 21.5. The number of likely N-dealkylation sites (tertiary alicyclic amines) is 1. The number of benzene rings is 1. The lowest BCUT2D eigenvalue weighted by atomic mass is 9.81. The van der Waals surface area contributed by atoms with E-state index in [9.17, 15) is 4.79 Å². The van der Waals surface area contributed by atoms with E-state index in [1.807, 2.05) is 32.9 Å². The summed E-state index contributed by atoms with van der Waals surface area (Å²) in [7, 11) is 3.37. The van der Waals surface area contributed by atoms with Crippen LogP contribution in [0.25, 0.3) is 0 Å². The maximum absolute atomic E-state index is 12.3. The molecule has 1 heterocycles. The zero-order valence-corrected chi connectivity index (χ0v) is 15.4. The minimum absolute atomic E-state index is 0.239. The number of rotatable bonds is 4. The number of carbonyl (C=O) groups excluding carboxylic acids is 1. The molecule has 1 fully saturated rings. The minimum atomic E-state index is -0.472. The lowest BCUT2D eigenvalue weighted by Gasteiger charge is -2.39. The fraction of sp³-hybridized carbons (Fsp3) is 0.632. The third-order valence-electron chi connectivity index (χ3n) is 4.31. The van der Waals surface area contributed by atoms with Crippen molar-refractivity contribution in [2.24, 2.45) is 5.92 Å². The molecule has 0 spiro atoms. The SMILES string of the molecule is COCC1CN(C(=O)OC(C)(C)C)CC[C@H]1c1ccc(OC)cc1. The molecule has 1 aromatic carbocycles. The number of nitrogens with zero attached hydrogens (tertiary/aromatic N) is 1. The molecule has 1 amide bonds. The molecule has 2 atom stereocenters. The van der Waals surface area contributed by atoms with Gasteiger partial charge in [-0.1, -0.05) is 12.1 Å². The summed E-state index contributed by atoms with van der Waals surface area (Å²) in [6, 6.07) is 8.18. The molecule has 0 radical (unpaired) electrons. The number of hydrogen-bond donors (Lipinski definition) is 0. The molecule has 0 saturated carbocycles. The first-order valence-electron chi connectivity index (χ1n) is 8.45. The average molecular weight is 335 g/mol. The largest absolute Gasteiger partial charge is 0.497 e. The summed E-state index contributed by atoms with van der Waals surface area (Å²) in [5, 5.41) is 0. The molecule has 1 aromatic rings. The van der Waals surface area contributed by atoms with Crippen LogP contribution in [0.5, 0.6) is 5.75 Å². The van der Waals surface area contributed by atoms with E-state index in [1.54, 1.807) is 19.1 Å². The van der Waals surface area contributed by atoms with Crippen molar-refractivity contribution in [1.29, 1.82) is 0 Å². The van der Waals surface area contributed by atoms with E-state index < -0.39 is 5.60 Å². The van der Waals surface area contributed by atoms with Crippen LogP contribution < -0.4 is 4.74 Å². The molecule has 5 nitrogen and oxygen atoms in total. The fourth-order valence-corrected chi connectivity index (χ4v) is 3.20. The number of carbonyl (C=O) groups is 1. The number of amides is 1. The van der Waals surface area contributed by atoms with Gasteiger partial charge in [0.15, 0.2) is 0 Å². The van der Waals surface area contributed by atoms with E-state index in [-0.39, 0.29) is 12.0 Å². The van der Waals surface area contributed by atoms with Crippen molar-refractivity contribution < 1.29 is 19.0 Å². The van der Waals surface area contributed by atoms with Gasteiger partial charge in [0, 0.05) is 26.1 Å². The van der Waals surface area contributed by atoms with Crippen molar-refractivity contribution in [1.82, 2.24) is 4.90 Å². The third kappa shape index (κ3) is 4.87. The highest BCUT2D eigenvalue weighted by molar-refractivity contribution is 5.68. The number of ether oxygens (including phenoxy) is 3. The van der Waals surface area contributed by atoms with Gasteiger partial charge >= 0.3 is 6.09 Å². The standard InChI is InChI=1S/C19H29NO4/c1-19(2,3)24-18(21)20-11-10-17(15(12-20)13-22-4)14-6-8-16(23-5)9-7-14/h6-9,15,17H,10-13H2,1-5H3/t15?,17-/m0/s1. The Kier molecular flexibility index (Phi) is 6.10. The van der Waals surface area contributed by atoms with Crippen LogP contribution in [0.15, 0.2) is 24.3 Å². The van der Waals surface area contributed by atoms with E-state index >= 15 is 0 Å². The summed E-state index contributed by atoms with van der Waals surface area (Å²) >= 11 is 0. The summed E-state index contributed by atoms with van der Waals surface area (Å²) in [5.74, 6) is 1.48. The van der Waals surface area contributed by atoms with Gasteiger partial charge < -0.3 is 19.1 Å². The Hall–Kier alpha value is -1.75. The van der Waals surface area contributed by atoms with Gasteiger partial charge in [-0.3, -0.25) is 0 Å². The zero-order valence-electron chi connectivity index (χ0n) is 15.4. The quantitative estimate of drug-likeness (QED) is 0.842. The molecule has 0 N–H and O–H groups in total. The second kappa shape index (κ2) is 7.88. The fourth-order valence-electron chi connectivity index (χ4n) is 3.20. The van der Waals surface area contributed by atoms with Crippen LogP contribution >= 0.6 is 0 Å². The molecule has 5 heteroatoms. The van der Waals surface area contributed by atoms with Crippen LogP contribution in [-0.2, 0) is 9.47 Å².